The summed E-state index contributed by atoms with van der Waals surface area (Å²) in [7, 11) is 4.53. The van der Waals surface area contributed by atoms with Gasteiger partial charge < -0.3 is 29.0 Å². The summed E-state index contributed by atoms with van der Waals surface area (Å²) in [6, 6.07) is 5.15. The molecule has 1 fully saturated rings. The van der Waals surface area contributed by atoms with E-state index in [0.29, 0.717) is 17.0 Å². The Hall–Kier alpha value is -2.58. The minimum Gasteiger partial charge on any atom is -0.497 e. The Morgan fingerprint density at radius 3 is 2.20 bits per heavy atom. The first-order chi connectivity index (χ1) is 11.8. The second-order valence-electron chi connectivity index (χ2n) is 5.64. The lowest BCUT2D eigenvalue weighted by Gasteiger charge is -2.29. The van der Waals surface area contributed by atoms with E-state index in [1.165, 1.54) is 34.3 Å². The van der Waals surface area contributed by atoms with Gasteiger partial charge in [0.2, 0.25) is 0 Å². The molecule has 25 heavy (non-hydrogen) atoms. The molecule has 0 atom stereocenters. The maximum Gasteiger partial charge on any atom is 0.350 e. The molecule has 0 aliphatic carbocycles. The first-order valence-corrected chi connectivity index (χ1v) is 7.48. The van der Waals surface area contributed by atoms with Gasteiger partial charge in [0.15, 0.2) is 11.9 Å². The van der Waals surface area contributed by atoms with Gasteiger partial charge in [-0.15, -0.1) is 0 Å². The van der Waals surface area contributed by atoms with Crippen molar-refractivity contribution >= 4 is 17.6 Å². The highest BCUT2D eigenvalue weighted by Gasteiger charge is 2.39. The van der Waals surface area contributed by atoms with Crippen LogP contribution in [0.1, 0.15) is 25.7 Å². The summed E-state index contributed by atoms with van der Waals surface area (Å²) in [6.07, 6.45) is 0.563. The van der Waals surface area contributed by atoms with Crippen LogP contribution in [0.4, 0.5) is 5.69 Å². The Morgan fingerprint density at radius 1 is 1.08 bits per heavy atom. The van der Waals surface area contributed by atoms with Crippen molar-refractivity contribution in [1.29, 1.82) is 0 Å². The van der Waals surface area contributed by atoms with Gasteiger partial charge in [-0.2, -0.15) is 0 Å². The molecule has 0 aromatic heterocycles. The molecule has 8 heteroatoms. The van der Waals surface area contributed by atoms with Crippen LogP contribution in [-0.2, 0) is 28.5 Å². The molecule has 136 valence electrons. The molecule has 0 spiro atoms. The fourth-order valence-electron chi connectivity index (χ4n) is 2.27. The summed E-state index contributed by atoms with van der Waals surface area (Å²) in [5.41, 5.74) is 0.944. The first kappa shape index (κ1) is 18.8. The van der Waals surface area contributed by atoms with Crippen LogP contribution in [0.15, 0.2) is 30.0 Å². The van der Waals surface area contributed by atoms with E-state index in [-0.39, 0.29) is 5.57 Å². The molecule has 1 N–H and O–H groups in total. The van der Waals surface area contributed by atoms with E-state index in [1.807, 2.05) is 0 Å². The van der Waals surface area contributed by atoms with Crippen LogP contribution in [0, 0.1) is 0 Å². The topological polar surface area (TPSA) is 92.3 Å². The quantitative estimate of drug-likeness (QED) is 0.361. The molecule has 1 saturated heterocycles. The number of ether oxygens (including phenoxy) is 5. The molecule has 2 rings (SSSR count). The molecule has 1 aliphatic rings. The van der Waals surface area contributed by atoms with E-state index in [4.69, 9.17) is 23.7 Å². The third kappa shape index (κ3) is 4.28. The van der Waals surface area contributed by atoms with Crippen LogP contribution < -0.4 is 10.1 Å². The van der Waals surface area contributed by atoms with Crippen molar-refractivity contribution in [2.45, 2.75) is 25.9 Å². The molecule has 0 unspecified atom stereocenters. The summed E-state index contributed by atoms with van der Waals surface area (Å²) >= 11 is 0. The fraction of sp³-hybridized carbons (Fsp3) is 0.412. The van der Waals surface area contributed by atoms with E-state index >= 15 is 0 Å². The highest BCUT2D eigenvalue weighted by molar-refractivity contribution is 6.15. The van der Waals surface area contributed by atoms with Crippen molar-refractivity contribution in [3.05, 3.63) is 35.5 Å². The minimum atomic E-state index is -1.28. The average Bonchev–Trinajstić information content (AvgIpc) is 2.55. The largest absolute Gasteiger partial charge is 0.497 e. The second kappa shape index (κ2) is 7.54. The van der Waals surface area contributed by atoms with Crippen LogP contribution >= 0.6 is 0 Å². The summed E-state index contributed by atoms with van der Waals surface area (Å²) in [6.45, 7) is 2.96. The van der Waals surface area contributed by atoms with E-state index < -0.39 is 24.0 Å². The molecule has 1 aromatic rings. The Balaban J connectivity index is 2.31. The van der Waals surface area contributed by atoms with Crippen LogP contribution in [0.2, 0.25) is 0 Å². The monoisotopic (exact) mass is 351 g/mol. The van der Waals surface area contributed by atoms with Gasteiger partial charge in [-0.1, -0.05) is 0 Å². The molecular formula is C17H21NO7. The molecule has 1 aromatic carbocycles. The van der Waals surface area contributed by atoms with Gasteiger partial charge in [0.05, 0.1) is 7.11 Å². The number of esters is 2. The van der Waals surface area contributed by atoms with E-state index in [0.717, 1.165) is 0 Å². The molecule has 0 saturated carbocycles. The Labute approximate surface area is 145 Å². The number of anilines is 1. The van der Waals surface area contributed by atoms with Gasteiger partial charge in [0.25, 0.3) is 5.79 Å². The Kier molecular flexibility index (Phi) is 5.66. The van der Waals surface area contributed by atoms with Crippen molar-refractivity contribution in [3.63, 3.8) is 0 Å². The molecule has 0 radical (unpaired) electrons. The van der Waals surface area contributed by atoms with Crippen molar-refractivity contribution in [2.75, 3.05) is 26.6 Å². The summed E-state index contributed by atoms with van der Waals surface area (Å²) < 4.78 is 25.8. The summed E-state index contributed by atoms with van der Waals surface area (Å²) in [4.78, 5) is 23.9. The molecule has 1 heterocycles. The van der Waals surface area contributed by atoms with Gasteiger partial charge in [-0.05, 0) is 18.2 Å². The number of carbonyl (C=O) groups excluding carboxylic acids is 2. The fourth-order valence-corrected chi connectivity index (χ4v) is 2.27. The maximum atomic E-state index is 12.0. The SMILES string of the molecule is COc1ccc(NC=C2C(=O)OC(C)(C)OC2=O)c(C(OC)OC)c1. The smallest absolute Gasteiger partial charge is 0.350 e. The van der Waals surface area contributed by atoms with Crippen molar-refractivity contribution < 1.29 is 33.3 Å². The van der Waals surface area contributed by atoms with Crippen molar-refractivity contribution in [3.8, 4) is 5.75 Å². The predicted octanol–water partition coefficient (Wildman–Crippen LogP) is 2.12. The number of carbonyl (C=O) groups is 2. The van der Waals surface area contributed by atoms with Crippen LogP contribution in [0.25, 0.3) is 0 Å². The van der Waals surface area contributed by atoms with Gasteiger partial charge in [0.1, 0.15) is 5.75 Å². The Morgan fingerprint density at radius 2 is 1.68 bits per heavy atom. The lowest BCUT2D eigenvalue weighted by atomic mass is 10.1. The number of hydrogen-bond donors (Lipinski definition) is 1. The first-order valence-electron chi connectivity index (χ1n) is 7.48. The zero-order chi connectivity index (χ0) is 18.6. The number of nitrogens with one attached hydrogen (secondary N) is 1. The number of hydrogen-bond acceptors (Lipinski definition) is 8. The minimum absolute atomic E-state index is 0.243. The van der Waals surface area contributed by atoms with Crippen molar-refractivity contribution in [2.24, 2.45) is 0 Å². The molecule has 0 bridgehead atoms. The molecule has 0 amide bonds. The zero-order valence-electron chi connectivity index (χ0n) is 14.7. The van der Waals surface area contributed by atoms with Gasteiger partial charge in [-0.3, -0.25) is 0 Å². The van der Waals surface area contributed by atoms with Crippen LogP contribution in [-0.4, -0.2) is 39.1 Å². The number of benzene rings is 1. The zero-order valence-corrected chi connectivity index (χ0v) is 14.7. The molecule has 8 nitrogen and oxygen atoms in total. The third-order valence-corrected chi connectivity index (χ3v) is 3.43. The Bertz CT molecular complexity index is 670. The number of rotatable bonds is 6. The lowest BCUT2D eigenvalue weighted by molar-refractivity contribution is -0.222. The van der Waals surface area contributed by atoms with Gasteiger partial charge in [-0.25, -0.2) is 9.59 Å². The van der Waals surface area contributed by atoms with E-state index in [1.54, 1.807) is 25.3 Å². The van der Waals surface area contributed by atoms with E-state index in [9.17, 15) is 9.59 Å². The van der Waals surface area contributed by atoms with Crippen LogP contribution in [0.3, 0.4) is 0 Å². The van der Waals surface area contributed by atoms with E-state index in [2.05, 4.69) is 5.32 Å². The maximum absolute atomic E-state index is 12.0. The number of cyclic esters (lactones) is 2. The van der Waals surface area contributed by atoms with Gasteiger partial charge >= 0.3 is 11.9 Å². The lowest BCUT2D eigenvalue weighted by Crippen LogP contribution is -2.42. The third-order valence-electron chi connectivity index (χ3n) is 3.43. The van der Waals surface area contributed by atoms with Crippen LogP contribution in [0.5, 0.6) is 5.75 Å². The van der Waals surface area contributed by atoms with Crippen molar-refractivity contribution in [1.82, 2.24) is 0 Å². The second-order valence-corrected chi connectivity index (χ2v) is 5.64. The van der Waals surface area contributed by atoms with Gasteiger partial charge in [0, 0.05) is 45.5 Å². The standard InChI is InChI=1S/C17H21NO7/c1-17(2)24-14(19)12(15(20)25-17)9-18-13-7-6-10(21-3)8-11(13)16(22-4)23-5/h6-9,16,18H,1-5H3. The predicted molar refractivity (Wildman–Crippen MR) is 87.7 cm³/mol. The normalized spacial score (nSPS) is 16.3. The highest BCUT2D eigenvalue weighted by atomic mass is 16.7. The molecular weight excluding hydrogens is 330 g/mol. The summed E-state index contributed by atoms with van der Waals surface area (Å²) in [5, 5.41) is 2.89. The summed E-state index contributed by atoms with van der Waals surface area (Å²) in [5.74, 6) is -2.21. The molecule has 1 aliphatic heterocycles. The average molecular weight is 351 g/mol. The number of methoxy groups -OCH3 is 3. The highest BCUT2D eigenvalue weighted by Crippen LogP contribution is 2.30.